The molecule has 2 aliphatic heterocycles. The Kier molecular flexibility index (Phi) is 16.7. The summed E-state index contributed by atoms with van der Waals surface area (Å²) in [5, 5.41) is 35.0. The molecule has 0 aromatic heterocycles. The summed E-state index contributed by atoms with van der Waals surface area (Å²) in [7, 11) is 0. The van der Waals surface area contributed by atoms with Crippen molar-refractivity contribution in [1.29, 1.82) is 0 Å². The van der Waals surface area contributed by atoms with E-state index in [4.69, 9.17) is 4.74 Å². The van der Waals surface area contributed by atoms with Crippen LogP contribution in [-0.2, 0) is 33.5 Å². The zero-order valence-corrected chi connectivity index (χ0v) is 33.0. The van der Waals surface area contributed by atoms with Crippen molar-refractivity contribution in [3.8, 4) is 0 Å². The second kappa shape index (κ2) is 17.9. The predicted molar refractivity (Wildman–Crippen MR) is 187 cm³/mol. The third kappa shape index (κ3) is 15.0. The van der Waals surface area contributed by atoms with Gasteiger partial charge in [-0.3, -0.25) is 24.0 Å². The van der Waals surface area contributed by atoms with Crippen LogP contribution < -0.4 is 10.6 Å². The lowest BCUT2D eigenvalue weighted by atomic mass is 9.92. The van der Waals surface area contributed by atoms with E-state index in [9.17, 15) is 44.1 Å². The molecule has 290 valence electrons. The molecule has 4 unspecified atom stereocenters. The van der Waals surface area contributed by atoms with E-state index in [1.165, 1.54) is 14.7 Å². The molecule has 15 heteroatoms. The summed E-state index contributed by atoms with van der Waals surface area (Å²) in [6, 6.07) is 0. The first-order valence-corrected chi connectivity index (χ1v) is 16.9. The summed E-state index contributed by atoms with van der Waals surface area (Å²) in [5.41, 5.74) is -2.74. The Morgan fingerprint density at radius 1 is 0.580 bits per heavy atom. The van der Waals surface area contributed by atoms with Crippen LogP contribution in [0.4, 0.5) is 0 Å². The number of piperazine rings is 1. The summed E-state index contributed by atoms with van der Waals surface area (Å²) >= 11 is 0. The topological polar surface area (TPSA) is 206 Å². The van der Waals surface area contributed by atoms with Gasteiger partial charge >= 0.3 is 0 Å². The molecule has 0 aliphatic carbocycles. The number of carbonyl (C=O) groups excluding carboxylic acids is 6. The Labute approximate surface area is 298 Å². The lowest BCUT2D eigenvalue weighted by molar-refractivity contribution is -0.185. The van der Waals surface area contributed by atoms with Crippen molar-refractivity contribution in [2.75, 3.05) is 32.7 Å². The van der Waals surface area contributed by atoms with Crippen LogP contribution in [0, 0.1) is 27.1 Å². The molecule has 0 radical (unpaired) electrons. The molecule has 15 nitrogen and oxygen atoms in total. The third-order valence-electron chi connectivity index (χ3n) is 7.31. The van der Waals surface area contributed by atoms with Crippen molar-refractivity contribution < 1.29 is 48.8 Å². The molecule has 2 fully saturated rings. The second-order valence-electron chi connectivity index (χ2n) is 17.7. The highest BCUT2D eigenvalue weighted by atomic mass is 16.6. The van der Waals surface area contributed by atoms with E-state index < -0.39 is 52.0 Å². The smallest absolute Gasteiger partial charge is 0.230 e. The van der Waals surface area contributed by atoms with Crippen LogP contribution in [-0.4, -0.2) is 124 Å². The van der Waals surface area contributed by atoms with Gasteiger partial charge in [-0.1, -0.05) is 104 Å². The van der Waals surface area contributed by atoms with Crippen LogP contribution in [0.25, 0.3) is 0 Å². The molecule has 0 aromatic rings. The van der Waals surface area contributed by atoms with Gasteiger partial charge in [0, 0.05) is 27.1 Å². The fraction of sp³-hybridized carbons (Fsp3) is 0.829. The number of aliphatic hydroxyl groups excluding tert-OH is 3. The Balaban J connectivity index is 0.000000764. The minimum Gasteiger partial charge on any atom is -0.372 e. The van der Waals surface area contributed by atoms with Gasteiger partial charge in [-0.2, -0.15) is 0 Å². The third-order valence-corrected chi connectivity index (χ3v) is 7.31. The molecule has 2 saturated heterocycles. The van der Waals surface area contributed by atoms with E-state index in [-0.39, 0.29) is 62.3 Å². The van der Waals surface area contributed by atoms with Crippen molar-refractivity contribution >= 4 is 35.8 Å². The number of amides is 5. The lowest BCUT2D eigenvalue weighted by Gasteiger charge is -2.45. The number of ether oxygens (including phenoxy) is 1. The van der Waals surface area contributed by atoms with Gasteiger partial charge in [0.25, 0.3) is 0 Å². The summed E-state index contributed by atoms with van der Waals surface area (Å²) < 4.78 is 5.30. The monoisotopic (exact) mass is 715 g/mol. The fourth-order valence-electron chi connectivity index (χ4n) is 4.32. The molecule has 5 N–H and O–H groups in total. The lowest BCUT2D eigenvalue weighted by Crippen LogP contribution is -2.64. The van der Waals surface area contributed by atoms with Crippen LogP contribution >= 0.6 is 0 Å². The highest BCUT2D eigenvalue weighted by Gasteiger charge is 2.43. The van der Waals surface area contributed by atoms with Crippen LogP contribution in [0.3, 0.4) is 0 Å². The Morgan fingerprint density at radius 3 is 1.24 bits per heavy atom. The van der Waals surface area contributed by atoms with Crippen molar-refractivity contribution in [3.05, 3.63) is 0 Å². The number of β-amino-alcohol motifs (C(OH)–C–C–N with tert-alkyl or cyclic N) is 3. The molecule has 5 amide bonds. The first-order chi connectivity index (χ1) is 22.3. The van der Waals surface area contributed by atoms with Gasteiger partial charge in [0.15, 0.2) is 12.5 Å². The maximum atomic E-state index is 12.3. The van der Waals surface area contributed by atoms with E-state index in [0.717, 1.165) is 0 Å². The van der Waals surface area contributed by atoms with E-state index >= 15 is 0 Å². The summed E-state index contributed by atoms with van der Waals surface area (Å²) in [6.45, 7) is 27.0. The molecule has 50 heavy (non-hydrogen) atoms. The zero-order valence-electron chi connectivity index (χ0n) is 33.0. The summed E-state index contributed by atoms with van der Waals surface area (Å²) in [5.74, 6) is -0.812. The van der Waals surface area contributed by atoms with Gasteiger partial charge < -0.3 is 50.2 Å². The largest absolute Gasteiger partial charge is 0.372 e. The number of aldehydes is 1. The summed E-state index contributed by atoms with van der Waals surface area (Å²) in [4.78, 5) is 73.3. The maximum Gasteiger partial charge on any atom is 0.230 e. The highest BCUT2D eigenvalue weighted by molar-refractivity contribution is 5.85. The standard InChI is InChI=1S/2C14H26N2O4.C7H13NO2/c1-13(2,3)11(19)15-7-10(18)16(8-9(15)17)12(20)14(4,5)6;1-13(2,3)11(18)15-7-9-16(8-10(17)20-9)12(19)14(4,5)6;1-7(2,3)6(10)8-4-5-9/h9-10,17-18H,7-8H2,1-6H3;9-10,17H,7-8H2,1-6H3,(H,15,18);5H,4H2,1-3H3,(H,8,10). The highest BCUT2D eigenvalue weighted by Crippen LogP contribution is 2.26. The van der Waals surface area contributed by atoms with Crippen molar-refractivity contribution in [1.82, 2.24) is 25.3 Å². The number of nitrogens with one attached hydrogen (secondary N) is 2. The SMILES string of the molecule is CC(C)(C)C(=O)N1CC(O)N(C(=O)C(C)(C)C)CC1O.CC(C)(C)C(=O)NCC1OC(O)CN1C(=O)C(C)(C)C.CC(C)(C)C(=O)NCC=O. The Hall–Kier alpha value is -3.14. The maximum absolute atomic E-state index is 12.3. The molecule has 2 aliphatic rings. The molecule has 0 bridgehead atoms. The number of aliphatic hydroxyl groups is 3. The van der Waals surface area contributed by atoms with Crippen LogP contribution in [0.5, 0.6) is 0 Å². The normalized spacial score (nSPS) is 21.6. The molecule has 2 heterocycles. The van der Waals surface area contributed by atoms with Crippen LogP contribution in [0.15, 0.2) is 0 Å². The van der Waals surface area contributed by atoms with Crippen molar-refractivity contribution in [3.63, 3.8) is 0 Å². The quantitative estimate of drug-likeness (QED) is 0.265. The fourth-order valence-corrected chi connectivity index (χ4v) is 4.32. The van der Waals surface area contributed by atoms with E-state index in [1.807, 2.05) is 41.5 Å². The van der Waals surface area contributed by atoms with Gasteiger partial charge in [-0.05, 0) is 0 Å². The molecular formula is C35H65N5O10. The van der Waals surface area contributed by atoms with Gasteiger partial charge in [0.2, 0.25) is 29.5 Å². The Morgan fingerprint density at radius 2 is 0.920 bits per heavy atom. The zero-order chi connectivity index (χ0) is 39.8. The molecular weight excluding hydrogens is 650 g/mol. The van der Waals surface area contributed by atoms with Crippen molar-refractivity contribution in [2.24, 2.45) is 27.1 Å². The molecule has 2 rings (SSSR count). The van der Waals surface area contributed by atoms with Gasteiger partial charge in [-0.25, -0.2) is 0 Å². The predicted octanol–water partition coefficient (Wildman–Crippen LogP) is 1.43. The number of hydrogen-bond acceptors (Lipinski definition) is 10. The Bertz CT molecular complexity index is 1120. The minimum atomic E-state index is -1.09. The second-order valence-corrected chi connectivity index (χ2v) is 17.7. The molecule has 0 aromatic carbocycles. The van der Waals surface area contributed by atoms with Gasteiger partial charge in [0.05, 0.1) is 32.7 Å². The number of hydrogen-bond donors (Lipinski definition) is 5. The average molecular weight is 716 g/mol. The molecule has 0 spiro atoms. The van der Waals surface area contributed by atoms with Gasteiger partial charge in [0.1, 0.15) is 18.7 Å². The first-order valence-electron chi connectivity index (χ1n) is 16.9. The van der Waals surface area contributed by atoms with E-state index in [2.05, 4.69) is 10.6 Å². The van der Waals surface area contributed by atoms with Crippen LogP contribution in [0.2, 0.25) is 0 Å². The van der Waals surface area contributed by atoms with Crippen molar-refractivity contribution in [2.45, 2.75) is 129 Å². The van der Waals surface area contributed by atoms with E-state index in [0.29, 0.717) is 6.29 Å². The summed E-state index contributed by atoms with van der Waals surface area (Å²) in [6.07, 6.45) is -3.13. The average Bonchev–Trinajstić information content (AvgIpc) is 3.32. The number of nitrogens with zero attached hydrogens (tertiary/aromatic N) is 3. The molecule has 0 saturated carbocycles. The van der Waals surface area contributed by atoms with Gasteiger partial charge in [-0.15, -0.1) is 0 Å². The first kappa shape index (κ1) is 46.9. The molecule has 4 atom stereocenters. The minimum absolute atomic E-state index is 0.0703. The van der Waals surface area contributed by atoms with Crippen LogP contribution in [0.1, 0.15) is 104 Å². The van der Waals surface area contributed by atoms with E-state index in [1.54, 1.807) is 62.3 Å². The number of rotatable bonds is 4. The number of carbonyl (C=O) groups is 6.